The molecule has 3 aromatic rings. The molecule has 0 bridgehead atoms. The van der Waals surface area contributed by atoms with Gasteiger partial charge in [0, 0.05) is 12.1 Å². The fourth-order valence-corrected chi connectivity index (χ4v) is 2.65. The van der Waals surface area contributed by atoms with Gasteiger partial charge in [-0.15, -0.1) is 5.10 Å². The molecule has 1 N–H and O–H groups in total. The first-order chi connectivity index (χ1) is 11.5. The van der Waals surface area contributed by atoms with Crippen molar-refractivity contribution in [1.82, 2.24) is 15.0 Å². The van der Waals surface area contributed by atoms with Gasteiger partial charge in [-0.25, -0.2) is 4.68 Å². The van der Waals surface area contributed by atoms with Crippen LogP contribution in [0, 0.1) is 13.8 Å². The summed E-state index contributed by atoms with van der Waals surface area (Å²) in [5, 5.41) is 11.2. The van der Waals surface area contributed by atoms with Crippen molar-refractivity contribution in [2.45, 2.75) is 26.8 Å². The molecule has 0 unspecified atom stereocenters. The highest BCUT2D eigenvalue weighted by Gasteiger charge is 2.08. The molecule has 0 aliphatic rings. The summed E-state index contributed by atoms with van der Waals surface area (Å²) in [5.74, 6) is -0.165. The molecule has 6 heteroatoms. The summed E-state index contributed by atoms with van der Waals surface area (Å²) in [7, 11) is 0. The van der Waals surface area contributed by atoms with Crippen LogP contribution in [0.3, 0.4) is 0 Å². The lowest BCUT2D eigenvalue weighted by atomic mass is 10.1. The lowest BCUT2D eigenvalue weighted by Crippen LogP contribution is -2.26. The van der Waals surface area contributed by atoms with Gasteiger partial charge >= 0.3 is 0 Å². The van der Waals surface area contributed by atoms with Gasteiger partial charge in [-0.2, -0.15) is 0 Å². The van der Waals surface area contributed by atoms with Gasteiger partial charge in [0.1, 0.15) is 5.52 Å². The number of anilines is 1. The molecule has 0 aliphatic heterocycles. The summed E-state index contributed by atoms with van der Waals surface area (Å²) < 4.78 is 1.23. The number of carbonyl (C=O) groups is 1. The number of carbonyl (C=O) groups excluding carboxylic acids is 1. The highest BCUT2D eigenvalue weighted by molar-refractivity contribution is 5.90. The highest BCUT2D eigenvalue weighted by Crippen LogP contribution is 2.14. The van der Waals surface area contributed by atoms with Crippen molar-refractivity contribution >= 4 is 22.5 Å². The number of hydrogen-bond donors (Lipinski definition) is 1. The SMILES string of the molecule is Cc1cc(C)cc(NC(=O)CCn2nnc3ccccc3c2=O)c1. The quantitative estimate of drug-likeness (QED) is 0.800. The van der Waals surface area contributed by atoms with E-state index in [2.05, 4.69) is 15.6 Å². The van der Waals surface area contributed by atoms with E-state index in [0.717, 1.165) is 16.8 Å². The van der Waals surface area contributed by atoms with Gasteiger partial charge in [-0.1, -0.05) is 23.4 Å². The van der Waals surface area contributed by atoms with Crippen molar-refractivity contribution < 1.29 is 4.79 Å². The first-order valence-corrected chi connectivity index (χ1v) is 7.73. The molecule has 24 heavy (non-hydrogen) atoms. The Hall–Kier alpha value is -3.02. The molecule has 2 aromatic carbocycles. The largest absolute Gasteiger partial charge is 0.326 e. The Balaban J connectivity index is 1.70. The summed E-state index contributed by atoms with van der Waals surface area (Å²) in [6.07, 6.45) is 0.153. The average Bonchev–Trinajstić information content (AvgIpc) is 2.53. The van der Waals surface area contributed by atoms with Gasteiger partial charge < -0.3 is 5.32 Å². The minimum Gasteiger partial charge on any atom is -0.326 e. The minimum atomic E-state index is -0.236. The van der Waals surface area contributed by atoms with Crippen molar-refractivity contribution in [2.24, 2.45) is 0 Å². The number of aryl methyl sites for hydroxylation is 3. The second-order valence-electron chi connectivity index (χ2n) is 5.81. The van der Waals surface area contributed by atoms with Gasteiger partial charge in [-0.3, -0.25) is 9.59 Å². The first-order valence-electron chi connectivity index (χ1n) is 7.73. The lowest BCUT2D eigenvalue weighted by Gasteiger charge is -2.08. The summed E-state index contributed by atoms with van der Waals surface area (Å²) in [6.45, 7) is 4.15. The second-order valence-corrected chi connectivity index (χ2v) is 5.81. The maximum absolute atomic E-state index is 12.3. The Labute approximate surface area is 139 Å². The van der Waals surface area contributed by atoms with Crippen molar-refractivity contribution in [3.63, 3.8) is 0 Å². The van der Waals surface area contributed by atoms with Gasteiger partial charge in [-0.05, 0) is 49.2 Å². The average molecular weight is 322 g/mol. The number of aromatic nitrogens is 3. The van der Waals surface area contributed by atoms with Crippen LogP contribution in [0.25, 0.3) is 10.9 Å². The molecule has 1 amide bonds. The minimum absolute atomic E-state index is 0.153. The standard InChI is InChI=1S/C18H18N4O2/c1-12-9-13(2)11-14(10-12)19-17(23)7-8-22-18(24)15-5-3-4-6-16(15)20-21-22/h3-6,9-11H,7-8H2,1-2H3,(H,19,23). The fourth-order valence-electron chi connectivity index (χ4n) is 2.65. The summed E-state index contributed by atoms with van der Waals surface area (Å²) in [5.41, 5.74) is 3.25. The molecule has 1 aromatic heterocycles. The van der Waals surface area contributed by atoms with Crippen LogP contribution in [0.15, 0.2) is 47.3 Å². The van der Waals surface area contributed by atoms with Gasteiger partial charge in [0.2, 0.25) is 5.91 Å². The predicted molar refractivity (Wildman–Crippen MR) is 93.0 cm³/mol. The van der Waals surface area contributed by atoms with E-state index in [4.69, 9.17) is 0 Å². The Morgan fingerprint density at radius 3 is 2.58 bits per heavy atom. The number of amides is 1. The van der Waals surface area contributed by atoms with Crippen LogP contribution < -0.4 is 10.9 Å². The van der Waals surface area contributed by atoms with Crippen LogP contribution in [-0.2, 0) is 11.3 Å². The molecule has 0 saturated carbocycles. The summed E-state index contributed by atoms with van der Waals surface area (Å²) in [4.78, 5) is 24.4. The Bertz CT molecular complexity index is 942. The number of fused-ring (bicyclic) bond motifs is 1. The van der Waals surface area contributed by atoms with Crippen molar-refractivity contribution in [2.75, 3.05) is 5.32 Å². The molecule has 0 radical (unpaired) electrons. The van der Waals surface area contributed by atoms with E-state index >= 15 is 0 Å². The maximum Gasteiger partial charge on any atom is 0.277 e. The normalized spacial score (nSPS) is 10.8. The van der Waals surface area contributed by atoms with Crippen LogP contribution in [0.5, 0.6) is 0 Å². The molecular formula is C18H18N4O2. The lowest BCUT2D eigenvalue weighted by molar-refractivity contribution is -0.116. The van der Waals surface area contributed by atoms with Crippen molar-refractivity contribution in [3.8, 4) is 0 Å². The van der Waals surface area contributed by atoms with E-state index in [9.17, 15) is 9.59 Å². The predicted octanol–water partition coefficient (Wildman–Crippen LogP) is 2.44. The second kappa shape index (κ2) is 6.62. The number of rotatable bonds is 4. The van der Waals surface area contributed by atoms with Crippen LogP contribution in [-0.4, -0.2) is 20.9 Å². The van der Waals surface area contributed by atoms with Crippen molar-refractivity contribution in [1.29, 1.82) is 0 Å². The molecule has 0 fully saturated rings. The molecule has 6 nitrogen and oxygen atoms in total. The molecule has 0 saturated heterocycles. The Morgan fingerprint density at radius 1 is 1.12 bits per heavy atom. The summed E-state index contributed by atoms with van der Waals surface area (Å²) >= 11 is 0. The third kappa shape index (κ3) is 3.48. The van der Waals surface area contributed by atoms with E-state index in [1.54, 1.807) is 24.3 Å². The molecule has 122 valence electrons. The van der Waals surface area contributed by atoms with E-state index in [0.29, 0.717) is 10.9 Å². The molecule has 0 atom stereocenters. The highest BCUT2D eigenvalue weighted by atomic mass is 16.2. The molecule has 0 spiro atoms. The molecule has 3 rings (SSSR count). The third-order valence-electron chi connectivity index (χ3n) is 3.69. The zero-order valence-electron chi connectivity index (χ0n) is 13.6. The zero-order chi connectivity index (χ0) is 17.1. The van der Waals surface area contributed by atoms with Gasteiger partial charge in [0.15, 0.2) is 0 Å². The number of benzene rings is 2. The number of nitrogens with one attached hydrogen (secondary N) is 1. The van der Waals surface area contributed by atoms with E-state index in [1.165, 1.54) is 4.68 Å². The molecule has 0 aliphatic carbocycles. The van der Waals surface area contributed by atoms with Gasteiger partial charge in [0.05, 0.1) is 11.9 Å². The number of nitrogens with zero attached hydrogens (tertiary/aromatic N) is 3. The third-order valence-corrected chi connectivity index (χ3v) is 3.69. The van der Waals surface area contributed by atoms with E-state index in [-0.39, 0.29) is 24.4 Å². The van der Waals surface area contributed by atoms with Gasteiger partial charge in [0.25, 0.3) is 5.56 Å². The van der Waals surface area contributed by atoms with Crippen LogP contribution >= 0.6 is 0 Å². The fraction of sp³-hybridized carbons (Fsp3) is 0.222. The topological polar surface area (TPSA) is 76.9 Å². The van der Waals surface area contributed by atoms with Crippen molar-refractivity contribution in [3.05, 3.63) is 63.9 Å². The summed E-state index contributed by atoms with van der Waals surface area (Å²) in [6, 6.07) is 12.9. The maximum atomic E-state index is 12.3. The first kappa shape index (κ1) is 15.9. The Morgan fingerprint density at radius 2 is 1.83 bits per heavy atom. The number of hydrogen-bond acceptors (Lipinski definition) is 4. The molecular weight excluding hydrogens is 304 g/mol. The van der Waals surface area contributed by atoms with E-state index in [1.807, 2.05) is 32.0 Å². The van der Waals surface area contributed by atoms with E-state index < -0.39 is 0 Å². The zero-order valence-corrected chi connectivity index (χ0v) is 13.6. The smallest absolute Gasteiger partial charge is 0.277 e. The monoisotopic (exact) mass is 322 g/mol. The molecule has 1 heterocycles. The Kier molecular flexibility index (Phi) is 4.37. The van der Waals surface area contributed by atoms with Crippen LogP contribution in [0.1, 0.15) is 17.5 Å². The van der Waals surface area contributed by atoms with Crippen LogP contribution in [0.4, 0.5) is 5.69 Å². The van der Waals surface area contributed by atoms with Crippen LogP contribution in [0.2, 0.25) is 0 Å².